The Morgan fingerprint density at radius 3 is 2.67 bits per heavy atom. The molecule has 1 N–H and O–H groups in total. The van der Waals surface area contributed by atoms with E-state index in [0.29, 0.717) is 0 Å². The summed E-state index contributed by atoms with van der Waals surface area (Å²) in [6.07, 6.45) is 1.27. The molecule has 0 spiro atoms. The van der Waals surface area contributed by atoms with Crippen molar-refractivity contribution in [1.29, 1.82) is 0 Å². The quantitative estimate of drug-likeness (QED) is 0.575. The highest BCUT2D eigenvalue weighted by Gasteiger charge is 2.07. The predicted octanol–water partition coefficient (Wildman–Crippen LogP) is 1.19. The van der Waals surface area contributed by atoms with Gasteiger partial charge in [0.25, 0.3) is 0 Å². The second kappa shape index (κ2) is 1.93. The maximum atomic E-state index is 10.5. The molecule has 0 aliphatic carbocycles. The Labute approximate surface area is 51.9 Å². The summed E-state index contributed by atoms with van der Waals surface area (Å²) in [5.41, 5.74) is 0. The number of carbonyl (C=O) groups excluding carboxylic acids is 1. The normalized spacial score (nSPS) is 9.44. The minimum atomic E-state index is -0.266. The van der Waals surface area contributed by atoms with Crippen molar-refractivity contribution >= 4 is 5.78 Å². The van der Waals surface area contributed by atoms with E-state index in [2.05, 4.69) is 4.42 Å². The SMILES string of the molecule is CC(=O)c1occc1O. The molecule has 0 saturated heterocycles. The molecule has 0 atom stereocenters. The molecule has 0 amide bonds. The van der Waals surface area contributed by atoms with Crippen LogP contribution in [0.25, 0.3) is 0 Å². The van der Waals surface area contributed by atoms with E-state index in [-0.39, 0.29) is 17.3 Å². The summed E-state index contributed by atoms with van der Waals surface area (Å²) in [4.78, 5) is 10.5. The number of Topliss-reactive ketones (excluding diaryl/α,β-unsaturated/α-hetero) is 1. The van der Waals surface area contributed by atoms with E-state index < -0.39 is 0 Å². The van der Waals surface area contributed by atoms with Crippen molar-refractivity contribution < 1.29 is 14.3 Å². The largest absolute Gasteiger partial charge is 0.504 e. The van der Waals surface area contributed by atoms with Crippen LogP contribution in [0.1, 0.15) is 17.5 Å². The molecule has 0 fully saturated rings. The van der Waals surface area contributed by atoms with E-state index in [0.717, 1.165) is 0 Å². The van der Waals surface area contributed by atoms with Crippen molar-refractivity contribution in [3.8, 4) is 5.75 Å². The van der Waals surface area contributed by atoms with E-state index >= 15 is 0 Å². The van der Waals surface area contributed by atoms with Crippen LogP contribution in [-0.4, -0.2) is 10.9 Å². The van der Waals surface area contributed by atoms with Gasteiger partial charge in [-0.1, -0.05) is 0 Å². The molecule has 3 heteroatoms. The first-order chi connectivity index (χ1) is 4.22. The van der Waals surface area contributed by atoms with Crippen LogP contribution < -0.4 is 0 Å². The lowest BCUT2D eigenvalue weighted by molar-refractivity contribution is 0.0983. The van der Waals surface area contributed by atoms with Gasteiger partial charge in [0.05, 0.1) is 6.26 Å². The Hall–Kier alpha value is -1.25. The van der Waals surface area contributed by atoms with Crippen LogP contribution >= 0.6 is 0 Å². The summed E-state index contributed by atoms with van der Waals surface area (Å²) in [5.74, 6) is -0.338. The second-order valence-electron chi connectivity index (χ2n) is 1.69. The fourth-order valence-corrected chi connectivity index (χ4v) is 0.566. The molecule has 1 aromatic heterocycles. The third kappa shape index (κ3) is 0.937. The molecular formula is C6H6O3. The maximum absolute atomic E-state index is 10.5. The van der Waals surface area contributed by atoms with Crippen LogP contribution in [0.2, 0.25) is 0 Å². The summed E-state index contributed by atoms with van der Waals surface area (Å²) in [5, 5.41) is 8.81. The zero-order valence-electron chi connectivity index (χ0n) is 4.92. The topological polar surface area (TPSA) is 50.4 Å². The van der Waals surface area contributed by atoms with Gasteiger partial charge in [-0.15, -0.1) is 0 Å². The molecule has 0 unspecified atom stereocenters. The van der Waals surface area contributed by atoms with Gasteiger partial charge in [-0.25, -0.2) is 0 Å². The van der Waals surface area contributed by atoms with Gasteiger partial charge in [0.1, 0.15) is 0 Å². The Bertz CT molecular complexity index is 224. The predicted molar refractivity (Wildman–Crippen MR) is 30.4 cm³/mol. The zero-order valence-corrected chi connectivity index (χ0v) is 4.92. The van der Waals surface area contributed by atoms with Gasteiger partial charge in [-0.2, -0.15) is 0 Å². The van der Waals surface area contributed by atoms with Crippen LogP contribution in [0.5, 0.6) is 5.75 Å². The third-order valence-corrected chi connectivity index (χ3v) is 0.964. The molecule has 1 aromatic rings. The molecule has 0 radical (unpaired) electrons. The van der Waals surface area contributed by atoms with Gasteiger partial charge in [0, 0.05) is 13.0 Å². The average molecular weight is 126 g/mol. The first kappa shape index (κ1) is 5.88. The van der Waals surface area contributed by atoms with E-state index in [1.807, 2.05) is 0 Å². The van der Waals surface area contributed by atoms with Crippen molar-refractivity contribution in [3.05, 3.63) is 18.1 Å². The first-order valence-electron chi connectivity index (χ1n) is 2.49. The highest BCUT2D eigenvalue weighted by atomic mass is 16.4. The molecule has 0 aliphatic rings. The lowest BCUT2D eigenvalue weighted by atomic mass is 10.3. The van der Waals surface area contributed by atoms with E-state index in [4.69, 9.17) is 5.11 Å². The van der Waals surface area contributed by atoms with Gasteiger partial charge >= 0.3 is 0 Å². The molecule has 0 bridgehead atoms. The number of rotatable bonds is 1. The van der Waals surface area contributed by atoms with Gasteiger partial charge in [-0.05, 0) is 0 Å². The fourth-order valence-electron chi connectivity index (χ4n) is 0.566. The molecule has 9 heavy (non-hydrogen) atoms. The average Bonchev–Trinajstić information content (AvgIpc) is 2.13. The molecule has 0 aliphatic heterocycles. The van der Waals surface area contributed by atoms with E-state index in [9.17, 15) is 4.79 Å². The number of hydrogen-bond acceptors (Lipinski definition) is 3. The monoisotopic (exact) mass is 126 g/mol. The van der Waals surface area contributed by atoms with Gasteiger partial charge in [0.2, 0.25) is 5.76 Å². The number of hydrogen-bond donors (Lipinski definition) is 1. The van der Waals surface area contributed by atoms with Crippen molar-refractivity contribution in [2.75, 3.05) is 0 Å². The molecule has 1 rings (SSSR count). The number of furan rings is 1. The third-order valence-electron chi connectivity index (χ3n) is 0.964. The molecule has 0 aromatic carbocycles. The van der Waals surface area contributed by atoms with Crippen LogP contribution in [0.15, 0.2) is 16.7 Å². The Morgan fingerprint density at radius 2 is 2.44 bits per heavy atom. The summed E-state index contributed by atoms with van der Waals surface area (Å²) >= 11 is 0. The van der Waals surface area contributed by atoms with Crippen molar-refractivity contribution in [2.24, 2.45) is 0 Å². The molecule has 1 heterocycles. The second-order valence-corrected chi connectivity index (χ2v) is 1.69. The van der Waals surface area contributed by atoms with Crippen LogP contribution in [0.3, 0.4) is 0 Å². The lowest BCUT2D eigenvalue weighted by Crippen LogP contribution is -1.86. The van der Waals surface area contributed by atoms with Crippen molar-refractivity contribution in [1.82, 2.24) is 0 Å². The summed E-state index contributed by atoms with van der Waals surface area (Å²) in [6, 6.07) is 1.33. The lowest BCUT2D eigenvalue weighted by Gasteiger charge is -1.85. The summed E-state index contributed by atoms with van der Waals surface area (Å²) in [6.45, 7) is 1.33. The Morgan fingerprint density at radius 1 is 1.78 bits per heavy atom. The Kier molecular flexibility index (Phi) is 1.26. The fraction of sp³-hybridized carbons (Fsp3) is 0.167. The standard InChI is InChI=1S/C6H6O3/c1-4(7)6-5(8)2-3-9-6/h2-3,8H,1H3. The number of ketones is 1. The maximum Gasteiger partial charge on any atom is 0.210 e. The summed E-state index contributed by atoms with van der Waals surface area (Å²) < 4.78 is 4.63. The van der Waals surface area contributed by atoms with Gasteiger partial charge in [0.15, 0.2) is 11.5 Å². The number of carbonyl (C=O) groups is 1. The molecule has 0 saturated carbocycles. The zero-order chi connectivity index (χ0) is 6.85. The highest BCUT2D eigenvalue weighted by Crippen LogP contribution is 2.16. The molecular weight excluding hydrogens is 120 g/mol. The van der Waals surface area contributed by atoms with E-state index in [1.165, 1.54) is 19.3 Å². The van der Waals surface area contributed by atoms with Crippen LogP contribution in [0, 0.1) is 0 Å². The van der Waals surface area contributed by atoms with Crippen molar-refractivity contribution in [2.45, 2.75) is 6.92 Å². The minimum absolute atomic E-state index is 0.0231. The van der Waals surface area contributed by atoms with Gasteiger partial charge in [-0.3, -0.25) is 4.79 Å². The molecule has 48 valence electrons. The minimum Gasteiger partial charge on any atom is -0.504 e. The smallest absolute Gasteiger partial charge is 0.210 e. The summed E-state index contributed by atoms with van der Waals surface area (Å²) in [7, 11) is 0. The van der Waals surface area contributed by atoms with E-state index in [1.54, 1.807) is 0 Å². The highest BCUT2D eigenvalue weighted by molar-refractivity contribution is 5.93. The van der Waals surface area contributed by atoms with Crippen LogP contribution in [0.4, 0.5) is 0 Å². The first-order valence-corrected chi connectivity index (χ1v) is 2.49. The van der Waals surface area contributed by atoms with Crippen LogP contribution in [-0.2, 0) is 0 Å². The van der Waals surface area contributed by atoms with Gasteiger partial charge < -0.3 is 9.52 Å². The number of aromatic hydroxyl groups is 1. The Balaban J connectivity index is 3.08. The van der Waals surface area contributed by atoms with Crippen molar-refractivity contribution in [3.63, 3.8) is 0 Å². The molecule has 3 nitrogen and oxygen atoms in total.